The number of nitrogens with one attached hydrogen (secondary N) is 2. The van der Waals surface area contributed by atoms with Gasteiger partial charge in [0.05, 0.1) is 17.6 Å². The monoisotopic (exact) mass is 378 g/mol. The maximum absolute atomic E-state index is 13.7. The van der Waals surface area contributed by atoms with E-state index in [2.05, 4.69) is 34.4 Å². The lowest BCUT2D eigenvalue weighted by Crippen LogP contribution is -2.21. The van der Waals surface area contributed by atoms with Gasteiger partial charge in [0.15, 0.2) is 0 Å². The first-order chi connectivity index (χ1) is 13.6. The summed E-state index contributed by atoms with van der Waals surface area (Å²) in [6.07, 6.45) is 1.50. The van der Waals surface area contributed by atoms with Crippen LogP contribution in [0.25, 0.3) is 0 Å². The summed E-state index contributed by atoms with van der Waals surface area (Å²) in [4.78, 5) is 18.8. The highest BCUT2D eigenvalue weighted by Crippen LogP contribution is 2.20. The normalized spacial score (nSPS) is 10.4. The van der Waals surface area contributed by atoms with Gasteiger partial charge in [-0.2, -0.15) is 0 Å². The van der Waals surface area contributed by atoms with Crippen LogP contribution in [0.1, 0.15) is 24.3 Å². The minimum atomic E-state index is -0.350. The molecule has 0 fully saturated rings. The molecule has 3 aromatic rings. The summed E-state index contributed by atoms with van der Waals surface area (Å²) in [5.41, 5.74) is 3.06. The molecule has 2 N–H and O–H groups in total. The Balaban J connectivity index is 1.64. The molecule has 0 saturated carbocycles. The Hall–Kier alpha value is -3.41. The summed E-state index contributed by atoms with van der Waals surface area (Å²) < 4.78 is 13.7. The van der Waals surface area contributed by atoms with E-state index in [9.17, 15) is 9.18 Å². The van der Waals surface area contributed by atoms with Gasteiger partial charge >= 0.3 is 0 Å². The Morgan fingerprint density at radius 3 is 2.25 bits per heavy atom. The molecular weight excluding hydrogens is 355 g/mol. The smallest absolute Gasteiger partial charge is 0.274 e. The third-order valence-corrected chi connectivity index (χ3v) is 4.40. The van der Waals surface area contributed by atoms with Crippen molar-refractivity contribution in [2.75, 3.05) is 28.6 Å². The first kappa shape index (κ1) is 19.4. The van der Waals surface area contributed by atoms with Crippen LogP contribution in [0.15, 0.2) is 66.9 Å². The molecule has 3 rings (SSSR count). The summed E-state index contributed by atoms with van der Waals surface area (Å²) in [5, 5.41) is 5.78. The lowest BCUT2D eigenvalue weighted by Gasteiger charge is -2.21. The molecule has 0 atom stereocenters. The molecule has 28 heavy (non-hydrogen) atoms. The van der Waals surface area contributed by atoms with Crippen molar-refractivity contribution in [1.29, 1.82) is 0 Å². The zero-order valence-corrected chi connectivity index (χ0v) is 15.9. The van der Waals surface area contributed by atoms with Crippen molar-refractivity contribution >= 4 is 28.7 Å². The van der Waals surface area contributed by atoms with E-state index in [0.29, 0.717) is 17.1 Å². The van der Waals surface area contributed by atoms with E-state index >= 15 is 0 Å². The van der Waals surface area contributed by atoms with Gasteiger partial charge < -0.3 is 15.5 Å². The molecule has 0 saturated heterocycles. The number of hydrogen-bond donors (Lipinski definition) is 2. The molecule has 2 aromatic carbocycles. The summed E-state index contributed by atoms with van der Waals surface area (Å²) in [7, 11) is 0. The Labute approximate surface area is 164 Å². The molecule has 0 spiro atoms. The second-order valence-corrected chi connectivity index (χ2v) is 6.21. The predicted octanol–water partition coefficient (Wildman–Crippen LogP) is 5.06. The summed E-state index contributed by atoms with van der Waals surface area (Å²) in [6.45, 7) is 6.07. The van der Waals surface area contributed by atoms with Crippen molar-refractivity contribution in [2.24, 2.45) is 0 Å². The highest BCUT2D eigenvalue weighted by Gasteiger charge is 2.09. The second-order valence-electron chi connectivity index (χ2n) is 6.21. The quantitative estimate of drug-likeness (QED) is 0.603. The largest absolute Gasteiger partial charge is 0.372 e. The summed E-state index contributed by atoms with van der Waals surface area (Å²) in [6, 6.07) is 17.4. The number of carbonyl (C=O) groups is 1. The zero-order valence-electron chi connectivity index (χ0n) is 15.9. The van der Waals surface area contributed by atoms with E-state index in [1.165, 1.54) is 12.3 Å². The molecular formula is C22H23FN4O. The van der Waals surface area contributed by atoms with Crippen LogP contribution in [0.3, 0.4) is 0 Å². The lowest BCUT2D eigenvalue weighted by atomic mass is 10.2. The Bertz CT molecular complexity index is 922. The van der Waals surface area contributed by atoms with Gasteiger partial charge in [-0.15, -0.1) is 0 Å². The molecule has 0 aliphatic rings. The number of pyridine rings is 1. The fraction of sp³-hybridized carbons (Fsp3) is 0.182. The summed E-state index contributed by atoms with van der Waals surface area (Å²) in [5.74, 6) is -0.648. The molecule has 144 valence electrons. The maximum Gasteiger partial charge on any atom is 0.274 e. The second kappa shape index (κ2) is 8.99. The highest BCUT2D eigenvalue weighted by atomic mass is 19.1. The maximum atomic E-state index is 13.7. The molecule has 0 aliphatic carbocycles. The van der Waals surface area contributed by atoms with E-state index in [1.54, 1.807) is 30.3 Å². The van der Waals surface area contributed by atoms with Crippen molar-refractivity contribution in [1.82, 2.24) is 4.98 Å². The van der Waals surface area contributed by atoms with Crippen molar-refractivity contribution in [3.63, 3.8) is 0 Å². The molecule has 6 heteroatoms. The van der Waals surface area contributed by atoms with Gasteiger partial charge in [0.1, 0.15) is 11.5 Å². The van der Waals surface area contributed by atoms with Crippen LogP contribution in [-0.4, -0.2) is 24.0 Å². The van der Waals surface area contributed by atoms with Crippen molar-refractivity contribution in [3.8, 4) is 0 Å². The molecule has 0 radical (unpaired) electrons. The van der Waals surface area contributed by atoms with Crippen LogP contribution < -0.4 is 15.5 Å². The molecule has 5 nitrogen and oxygen atoms in total. The van der Waals surface area contributed by atoms with Crippen molar-refractivity contribution < 1.29 is 9.18 Å². The average Bonchev–Trinajstić information content (AvgIpc) is 2.72. The van der Waals surface area contributed by atoms with Crippen molar-refractivity contribution in [3.05, 3.63) is 78.4 Å². The van der Waals surface area contributed by atoms with E-state index in [4.69, 9.17) is 0 Å². The number of hydrogen-bond acceptors (Lipinski definition) is 4. The van der Waals surface area contributed by atoms with E-state index in [1.807, 2.05) is 24.3 Å². The molecule has 0 aliphatic heterocycles. The fourth-order valence-corrected chi connectivity index (χ4v) is 2.86. The Kier molecular flexibility index (Phi) is 6.22. The lowest BCUT2D eigenvalue weighted by molar-refractivity contribution is 0.102. The number of nitrogens with zero attached hydrogens (tertiary/aromatic N) is 2. The number of carbonyl (C=O) groups excluding carboxylic acids is 1. The van der Waals surface area contributed by atoms with Crippen LogP contribution in [0.4, 0.5) is 27.1 Å². The first-order valence-corrected chi connectivity index (χ1v) is 9.24. The topological polar surface area (TPSA) is 57.3 Å². The number of aromatic nitrogens is 1. The van der Waals surface area contributed by atoms with Gasteiger partial charge in [-0.25, -0.2) is 9.37 Å². The molecule has 1 amide bonds. The SMILES string of the molecule is CCN(CC)c1ccc(NC(=O)c2ccc(Nc3ccccc3F)cn2)cc1. The number of halogens is 1. The standard InChI is InChI=1S/C22H23FN4O/c1-3-27(4-2)18-12-9-16(10-13-18)26-22(28)21-14-11-17(15-24-21)25-20-8-6-5-7-19(20)23/h5-15,25H,3-4H2,1-2H3,(H,26,28). The Morgan fingerprint density at radius 2 is 1.64 bits per heavy atom. The molecule has 1 aromatic heterocycles. The summed E-state index contributed by atoms with van der Waals surface area (Å²) >= 11 is 0. The average molecular weight is 378 g/mol. The van der Waals surface area contributed by atoms with Crippen LogP contribution >= 0.6 is 0 Å². The van der Waals surface area contributed by atoms with Crippen LogP contribution in [0.5, 0.6) is 0 Å². The molecule has 0 bridgehead atoms. The van der Waals surface area contributed by atoms with E-state index in [-0.39, 0.29) is 17.4 Å². The number of rotatable bonds is 7. The predicted molar refractivity (Wildman–Crippen MR) is 112 cm³/mol. The van der Waals surface area contributed by atoms with Gasteiger partial charge in [0.2, 0.25) is 0 Å². The Morgan fingerprint density at radius 1 is 0.964 bits per heavy atom. The molecule has 0 unspecified atom stereocenters. The van der Waals surface area contributed by atoms with Gasteiger partial charge in [0.25, 0.3) is 5.91 Å². The van der Waals surface area contributed by atoms with Crippen molar-refractivity contribution in [2.45, 2.75) is 13.8 Å². The number of para-hydroxylation sites is 1. The van der Waals surface area contributed by atoms with E-state index in [0.717, 1.165) is 18.8 Å². The highest BCUT2D eigenvalue weighted by molar-refractivity contribution is 6.03. The van der Waals surface area contributed by atoms with Crippen LogP contribution in [0, 0.1) is 5.82 Å². The van der Waals surface area contributed by atoms with Gasteiger partial charge in [-0.3, -0.25) is 4.79 Å². The minimum absolute atomic E-state index is 0.284. The van der Waals surface area contributed by atoms with Gasteiger partial charge in [-0.05, 0) is 62.4 Å². The third-order valence-electron chi connectivity index (χ3n) is 4.40. The van der Waals surface area contributed by atoms with Gasteiger partial charge in [0, 0.05) is 24.5 Å². The van der Waals surface area contributed by atoms with E-state index < -0.39 is 0 Å². The third kappa shape index (κ3) is 4.65. The van der Waals surface area contributed by atoms with Crippen LogP contribution in [-0.2, 0) is 0 Å². The number of anilines is 4. The minimum Gasteiger partial charge on any atom is -0.372 e. The zero-order chi connectivity index (χ0) is 19.9. The number of amides is 1. The first-order valence-electron chi connectivity index (χ1n) is 9.24. The van der Waals surface area contributed by atoms with Crippen LogP contribution in [0.2, 0.25) is 0 Å². The number of benzene rings is 2. The molecule has 1 heterocycles. The fourth-order valence-electron chi connectivity index (χ4n) is 2.86. The van der Waals surface area contributed by atoms with Gasteiger partial charge in [-0.1, -0.05) is 12.1 Å².